The molecule has 0 radical (unpaired) electrons. The van der Waals surface area contributed by atoms with E-state index < -0.39 is 0 Å². The Kier molecular flexibility index (Phi) is 7.09. The third-order valence-corrected chi connectivity index (χ3v) is 5.86. The molecule has 2 aromatic heterocycles. The van der Waals surface area contributed by atoms with E-state index in [1.165, 1.54) is 0 Å². The first-order chi connectivity index (χ1) is 15.1. The maximum atomic E-state index is 12.7. The monoisotopic (exact) mass is 426 g/mol. The summed E-state index contributed by atoms with van der Waals surface area (Å²) in [5.74, 6) is 2.63. The van der Waals surface area contributed by atoms with Gasteiger partial charge in [-0.2, -0.15) is 0 Å². The normalized spacial score (nSPS) is 16.2. The highest BCUT2D eigenvalue weighted by atomic mass is 16.5. The van der Waals surface area contributed by atoms with Gasteiger partial charge in [-0.1, -0.05) is 0 Å². The second kappa shape index (κ2) is 10.2. The van der Waals surface area contributed by atoms with E-state index >= 15 is 0 Å². The zero-order chi connectivity index (χ0) is 21.6. The number of Topliss-reactive ketones (excluding diaryl/α,β-unsaturated/α-hetero) is 1. The maximum Gasteiger partial charge on any atom is 0.180 e. The summed E-state index contributed by atoms with van der Waals surface area (Å²) in [5.41, 5.74) is 2.79. The molecule has 0 aromatic carbocycles. The van der Waals surface area contributed by atoms with Crippen LogP contribution in [0.1, 0.15) is 36.9 Å². The Bertz CT molecular complexity index is 914. The number of aliphatic hydroxyl groups excluding tert-OH is 1. The number of fused-ring (bicyclic) bond motifs is 1. The lowest BCUT2D eigenvalue weighted by Gasteiger charge is -2.24. The number of ether oxygens (including phenoxy) is 2. The average Bonchev–Trinajstić information content (AvgIpc) is 3.26. The highest BCUT2D eigenvalue weighted by Gasteiger charge is 2.24. The van der Waals surface area contributed by atoms with Gasteiger partial charge in [0.15, 0.2) is 11.6 Å². The molecule has 1 aliphatic heterocycles. The molecule has 0 unspecified atom stereocenters. The zero-order valence-corrected chi connectivity index (χ0v) is 18.0. The van der Waals surface area contributed by atoms with Gasteiger partial charge in [-0.15, -0.1) is 0 Å². The van der Waals surface area contributed by atoms with Crippen LogP contribution in [0.15, 0.2) is 18.3 Å². The van der Waals surface area contributed by atoms with Crippen molar-refractivity contribution in [2.75, 3.05) is 44.9 Å². The molecular formula is C23H30N4O4. The minimum Gasteiger partial charge on any atom is -0.491 e. The van der Waals surface area contributed by atoms with Gasteiger partial charge >= 0.3 is 0 Å². The van der Waals surface area contributed by atoms with Crippen molar-refractivity contribution >= 4 is 11.6 Å². The summed E-state index contributed by atoms with van der Waals surface area (Å²) in [5, 5.41) is 8.99. The minimum absolute atomic E-state index is 0.0517. The summed E-state index contributed by atoms with van der Waals surface area (Å²) in [7, 11) is 1.93. The molecule has 1 aliphatic carbocycles. The molecule has 2 aromatic rings. The number of nitrogens with zero attached hydrogens (tertiary/aromatic N) is 4. The third-order valence-electron chi connectivity index (χ3n) is 5.86. The van der Waals surface area contributed by atoms with Crippen LogP contribution < -0.4 is 9.64 Å². The van der Waals surface area contributed by atoms with Crippen LogP contribution in [0.5, 0.6) is 5.75 Å². The van der Waals surface area contributed by atoms with Crippen LogP contribution in [-0.4, -0.2) is 65.9 Å². The summed E-state index contributed by atoms with van der Waals surface area (Å²) in [6.07, 6.45) is 7.04. The van der Waals surface area contributed by atoms with Gasteiger partial charge in [-0.05, 0) is 44.1 Å². The van der Waals surface area contributed by atoms with Gasteiger partial charge in [0.1, 0.15) is 23.9 Å². The predicted octanol–water partition coefficient (Wildman–Crippen LogP) is 2.22. The number of hydrogen-bond donors (Lipinski definition) is 1. The molecule has 1 N–H and O–H groups in total. The fourth-order valence-electron chi connectivity index (χ4n) is 4.31. The van der Waals surface area contributed by atoms with Crippen molar-refractivity contribution in [2.24, 2.45) is 5.92 Å². The fraction of sp³-hybridized carbons (Fsp3) is 0.565. The van der Waals surface area contributed by atoms with E-state index in [4.69, 9.17) is 24.5 Å². The Morgan fingerprint density at radius 1 is 1.29 bits per heavy atom. The van der Waals surface area contributed by atoms with E-state index in [0.29, 0.717) is 36.2 Å². The number of aliphatic hydroxyl groups is 1. The van der Waals surface area contributed by atoms with Crippen LogP contribution in [0, 0.1) is 5.92 Å². The molecule has 31 heavy (non-hydrogen) atoms. The van der Waals surface area contributed by atoms with Crippen molar-refractivity contribution in [3.8, 4) is 17.3 Å². The van der Waals surface area contributed by atoms with Crippen LogP contribution in [0.4, 0.5) is 5.82 Å². The number of aryl methyl sites for hydroxylation is 1. The van der Waals surface area contributed by atoms with Crippen molar-refractivity contribution in [3.05, 3.63) is 29.6 Å². The molecule has 166 valence electrons. The predicted molar refractivity (Wildman–Crippen MR) is 116 cm³/mol. The number of pyridine rings is 1. The number of aromatic nitrogens is 3. The Morgan fingerprint density at radius 3 is 2.94 bits per heavy atom. The van der Waals surface area contributed by atoms with Gasteiger partial charge < -0.3 is 19.5 Å². The zero-order valence-electron chi connectivity index (χ0n) is 18.0. The van der Waals surface area contributed by atoms with Crippen molar-refractivity contribution in [1.29, 1.82) is 0 Å². The number of carbonyl (C=O) groups is 1. The minimum atomic E-state index is -0.0517. The highest BCUT2D eigenvalue weighted by Crippen LogP contribution is 2.31. The second-order valence-electron chi connectivity index (χ2n) is 8.25. The summed E-state index contributed by atoms with van der Waals surface area (Å²) < 4.78 is 10.9. The highest BCUT2D eigenvalue weighted by molar-refractivity contribution is 5.83. The largest absolute Gasteiger partial charge is 0.491 e. The van der Waals surface area contributed by atoms with Gasteiger partial charge in [0.05, 0.1) is 13.2 Å². The Morgan fingerprint density at radius 2 is 2.13 bits per heavy atom. The Hall–Kier alpha value is -2.58. The third kappa shape index (κ3) is 5.37. The molecule has 0 bridgehead atoms. The van der Waals surface area contributed by atoms with Gasteiger partial charge in [-0.25, -0.2) is 9.97 Å². The van der Waals surface area contributed by atoms with Crippen LogP contribution >= 0.6 is 0 Å². The smallest absolute Gasteiger partial charge is 0.180 e. The van der Waals surface area contributed by atoms with Gasteiger partial charge in [0.25, 0.3) is 0 Å². The molecule has 1 saturated heterocycles. The van der Waals surface area contributed by atoms with E-state index in [2.05, 4.69) is 4.98 Å². The SMILES string of the molecule is CN(CC(=O)CC1CCOCC1)c1nc(-c2cc(OCCO)ccn2)nc2c1CCC2. The van der Waals surface area contributed by atoms with Gasteiger partial charge in [0, 0.05) is 50.2 Å². The first kappa shape index (κ1) is 21.6. The van der Waals surface area contributed by atoms with Crippen molar-refractivity contribution < 1.29 is 19.4 Å². The van der Waals surface area contributed by atoms with Gasteiger partial charge in [0.2, 0.25) is 0 Å². The quantitative estimate of drug-likeness (QED) is 0.652. The molecule has 2 aliphatic rings. The summed E-state index contributed by atoms with van der Waals surface area (Å²) >= 11 is 0. The van der Waals surface area contributed by atoms with E-state index in [-0.39, 0.29) is 19.0 Å². The second-order valence-corrected chi connectivity index (χ2v) is 8.25. The molecule has 0 amide bonds. The lowest BCUT2D eigenvalue weighted by Crippen LogP contribution is -2.30. The first-order valence-corrected chi connectivity index (χ1v) is 11.0. The topological polar surface area (TPSA) is 97.7 Å². The fourth-order valence-corrected chi connectivity index (χ4v) is 4.31. The lowest BCUT2D eigenvalue weighted by molar-refractivity contribution is -0.119. The molecule has 8 nitrogen and oxygen atoms in total. The number of hydrogen-bond acceptors (Lipinski definition) is 8. The summed E-state index contributed by atoms with van der Waals surface area (Å²) in [6.45, 7) is 2.02. The van der Waals surface area contributed by atoms with E-state index in [1.54, 1.807) is 18.3 Å². The number of likely N-dealkylation sites (N-methyl/N-ethyl adjacent to an activating group) is 1. The van der Waals surface area contributed by atoms with Crippen molar-refractivity contribution in [2.45, 2.75) is 38.5 Å². The Balaban J connectivity index is 1.53. The molecule has 0 atom stereocenters. The average molecular weight is 427 g/mol. The van der Waals surface area contributed by atoms with E-state index in [1.807, 2.05) is 11.9 Å². The standard InChI is InChI=1S/C23H30N4O4/c1-27(15-17(29)13-16-6-10-30-11-7-16)23-19-3-2-4-20(19)25-22(26-23)21-14-18(5-8-24-21)31-12-9-28/h5,8,14,16,28H,2-4,6-7,9-13,15H2,1H3. The van der Waals surface area contributed by atoms with Crippen molar-refractivity contribution in [3.63, 3.8) is 0 Å². The first-order valence-electron chi connectivity index (χ1n) is 11.0. The molecule has 4 rings (SSSR count). The molecule has 0 saturated carbocycles. The lowest BCUT2D eigenvalue weighted by atomic mass is 9.94. The van der Waals surface area contributed by atoms with Crippen LogP contribution in [0.3, 0.4) is 0 Å². The van der Waals surface area contributed by atoms with Crippen LogP contribution in [0.2, 0.25) is 0 Å². The maximum absolute atomic E-state index is 12.7. The Labute approximate surface area is 182 Å². The van der Waals surface area contributed by atoms with Crippen LogP contribution in [-0.2, 0) is 22.4 Å². The van der Waals surface area contributed by atoms with E-state index in [0.717, 1.165) is 62.4 Å². The molecular weight excluding hydrogens is 396 g/mol. The number of rotatable bonds is 9. The number of carbonyl (C=O) groups excluding carboxylic acids is 1. The van der Waals surface area contributed by atoms with Crippen LogP contribution in [0.25, 0.3) is 11.5 Å². The summed E-state index contributed by atoms with van der Waals surface area (Å²) in [4.78, 5) is 28.7. The molecule has 3 heterocycles. The van der Waals surface area contributed by atoms with Crippen molar-refractivity contribution in [1.82, 2.24) is 15.0 Å². The molecule has 0 spiro atoms. The van der Waals surface area contributed by atoms with E-state index in [9.17, 15) is 4.79 Å². The summed E-state index contributed by atoms with van der Waals surface area (Å²) in [6, 6.07) is 3.53. The van der Waals surface area contributed by atoms with Gasteiger partial charge in [-0.3, -0.25) is 9.78 Å². The number of anilines is 1. The number of ketones is 1. The molecule has 1 fully saturated rings. The molecule has 8 heteroatoms.